The zero-order chi connectivity index (χ0) is 16.0. The number of rotatable bonds is 8. The Hall–Kier alpha value is -1.16. The van der Waals surface area contributed by atoms with Crippen LogP contribution >= 0.6 is 11.8 Å². The van der Waals surface area contributed by atoms with Gasteiger partial charge in [-0.2, -0.15) is 11.8 Å². The molecule has 0 fully saturated rings. The highest BCUT2D eigenvalue weighted by molar-refractivity contribution is 7.99. The van der Waals surface area contributed by atoms with Crippen LogP contribution in [-0.2, 0) is 10.0 Å². The fourth-order valence-electron chi connectivity index (χ4n) is 1.96. The van der Waals surface area contributed by atoms with Crippen molar-refractivity contribution in [2.24, 2.45) is 5.73 Å². The van der Waals surface area contributed by atoms with Gasteiger partial charge in [-0.05, 0) is 25.0 Å². The minimum atomic E-state index is -3.67. The van der Waals surface area contributed by atoms with Crippen LogP contribution in [0.3, 0.4) is 0 Å². The van der Waals surface area contributed by atoms with Crippen LogP contribution < -0.4 is 10.5 Å². The molecule has 0 bridgehead atoms. The van der Waals surface area contributed by atoms with Crippen LogP contribution in [0, 0.1) is 24.0 Å². The molecule has 0 spiro atoms. The van der Waals surface area contributed by atoms with Crippen LogP contribution in [0.25, 0.3) is 0 Å². The van der Waals surface area contributed by atoms with Crippen LogP contribution in [0.1, 0.15) is 11.1 Å². The molecule has 0 amide bonds. The number of nitro groups is 1. The maximum Gasteiger partial charge on any atom is 0.270 e. The summed E-state index contributed by atoms with van der Waals surface area (Å²) in [4.78, 5) is 10.3. The lowest BCUT2D eigenvalue weighted by Crippen LogP contribution is -2.27. The average Bonchev–Trinajstić information content (AvgIpc) is 2.37. The summed E-state index contributed by atoms with van der Waals surface area (Å²) in [5.74, 6) is 1.40. The topological polar surface area (TPSA) is 115 Å². The van der Waals surface area contributed by atoms with Crippen molar-refractivity contribution in [1.29, 1.82) is 0 Å². The van der Waals surface area contributed by atoms with Gasteiger partial charge in [-0.15, -0.1) is 0 Å². The van der Waals surface area contributed by atoms with Gasteiger partial charge in [0.1, 0.15) is 0 Å². The Kier molecular flexibility index (Phi) is 6.59. The van der Waals surface area contributed by atoms with E-state index in [0.717, 1.165) is 5.75 Å². The monoisotopic (exact) mass is 333 g/mol. The number of nitrogens with one attached hydrogen (secondary N) is 1. The highest BCUT2D eigenvalue weighted by Gasteiger charge is 2.22. The van der Waals surface area contributed by atoms with E-state index in [1.165, 1.54) is 12.1 Å². The minimum Gasteiger partial charge on any atom is -0.330 e. The van der Waals surface area contributed by atoms with E-state index >= 15 is 0 Å². The predicted octanol–water partition coefficient (Wildman–Crippen LogP) is 1.18. The lowest BCUT2D eigenvalue weighted by molar-refractivity contribution is -0.385. The second-order valence-electron chi connectivity index (χ2n) is 4.46. The summed E-state index contributed by atoms with van der Waals surface area (Å²) in [6, 6.07) is 2.54. The third-order valence-electron chi connectivity index (χ3n) is 2.73. The maximum atomic E-state index is 12.3. The van der Waals surface area contributed by atoms with E-state index < -0.39 is 14.9 Å². The van der Waals surface area contributed by atoms with Gasteiger partial charge in [-0.3, -0.25) is 10.1 Å². The van der Waals surface area contributed by atoms with Gasteiger partial charge in [0.15, 0.2) is 0 Å². The molecule has 0 heterocycles. The van der Waals surface area contributed by atoms with Crippen LogP contribution in [-0.4, -0.2) is 37.9 Å². The molecule has 7 nitrogen and oxygen atoms in total. The first-order valence-corrected chi connectivity index (χ1v) is 8.96. The van der Waals surface area contributed by atoms with Crippen molar-refractivity contribution >= 4 is 27.5 Å². The molecule has 118 valence electrons. The van der Waals surface area contributed by atoms with Gasteiger partial charge in [0.2, 0.25) is 10.0 Å². The van der Waals surface area contributed by atoms with E-state index in [2.05, 4.69) is 4.72 Å². The largest absolute Gasteiger partial charge is 0.330 e. The summed E-state index contributed by atoms with van der Waals surface area (Å²) >= 11 is 1.56. The van der Waals surface area contributed by atoms with Crippen LogP contribution in [0.4, 0.5) is 5.69 Å². The Morgan fingerprint density at radius 2 is 1.86 bits per heavy atom. The molecule has 0 unspecified atom stereocenters. The first-order valence-electron chi connectivity index (χ1n) is 6.32. The first kappa shape index (κ1) is 17.9. The smallest absolute Gasteiger partial charge is 0.270 e. The highest BCUT2D eigenvalue weighted by Crippen LogP contribution is 2.25. The molecule has 0 saturated carbocycles. The molecule has 0 aromatic heterocycles. The standard InChI is InChI=1S/C12H19N3O4S2/c1-9-7-11(15(16)17)8-10(2)12(9)21(18,19)14-4-6-20-5-3-13/h7-8,14H,3-6,13H2,1-2H3. The Labute approximate surface area is 128 Å². The second kappa shape index (κ2) is 7.74. The SMILES string of the molecule is Cc1cc([N+](=O)[O-])cc(C)c1S(=O)(=O)NCCSCCN. The van der Waals surface area contributed by atoms with Gasteiger partial charge in [-0.25, -0.2) is 13.1 Å². The van der Waals surface area contributed by atoms with Crippen molar-refractivity contribution in [2.75, 3.05) is 24.6 Å². The molecular formula is C12H19N3O4S2. The maximum absolute atomic E-state index is 12.3. The van der Waals surface area contributed by atoms with Crippen molar-refractivity contribution in [2.45, 2.75) is 18.7 Å². The van der Waals surface area contributed by atoms with Gasteiger partial charge >= 0.3 is 0 Å². The number of aryl methyl sites for hydroxylation is 2. The fraction of sp³-hybridized carbons (Fsp3) is 0.500. The van der Waals surface area contributed by atoms with Crippen LogP contribution in [0.15, 0.2) is 17.0 Å². The summed E-state index contributed by atoms with van der Waals surface area (Å²) in [7, 11) is -3.67. The minimum absolute atomic E-state index is 0.108. The van der Waals surface area contributed by atoms with Gasteiger partial charge in [0.05, 0.1) is 9.82 Å². The first-order chi connectivity index (χ1) is 9.79. The summed E-state index contributed by atoms with van der Waals surface area (Å²) in [5.41, 5.74) is 5.97. The Morgan fingerprint density at radius 3 is 2.33 bits per heavy atom. The van der Waals surface area contributed by atoms with Crippen molar-refractivity contribution in [3.8, 4) is 0 Å². The third-order valence-corrected chi connectivity index (χ3v) is 5.51. The number of nitro benzene ring substituents is 1. The lowest BCUT2D eigenvalue weighted by Gasteiger charge is -2.12. The Morgan fingerprint density at radius 1 is 1.29 bits per heavy atom. The van der Waals surface area contributed by atoms with E-state index in [0.29, 0.717) is 30.0 Å². The van der Waals surface area contributed by atoms with Crippen molar-refractivity contribution in [3.05, 3.63) is 33.4 Å². The number of thioether (sulfide) groups is 1. The van der Waals surface area contributed by atoms with E-state index in [-0.39, 0.29) is 10.6 Å². The number of benzene rings is 1. The van der Waals surface area contributed by atoms with Gasteiger partial charge in [0, 0.05) is 36.7 Å². The molecular weight excluding hydrogens is 314 g/mol. The quantitative estimate of drug-likeness (QED) is 0.419. The van der Waals surface area contributed by atoms with Crippen LogP contribution in [0.5, 0.6) is 0 Å². The van der Waals surface area contributed by atoms with Crippen molar-refractivity contribution in [3.63, 3.8) is 0 Å². The molecule has 0 aliphatic carbocycles. The summed E-state index contributed by atoms with van der Waals surface area (Å²) < 4.78 is 27.1. The number of hydrogen-bond acceptors (Lipinski definition) is 6. The molecule has 9 heteroatoms. The Balaban J connectivity index is 2.91. The molecule has 0 saturated heterocycles. The van der Waals surface area contributed by atoms with Gasteiger partial charge < -0.3 is 5.73 Å². The van der Waals surface area contributed by atoms with E-state index in [1.54, 1.807) is 25.6 Å². The average molecular weight is 333 g/mol. The van der Waals surface area contributed by atoms with Gasteiger partial charge in [0.25, 0.3) is 5.69 Å². The Bertz CT molecular complexity index is 594. The fourth-order valence-corrected chi connectivity index (χ4v) is 4.19. The normalized spacial score (nSPS) is 11.6. The van der Waals surface area contributed by atoms with Crippen molar-refractivity contribution < 1.29 is 13.3 Å². The zero-order valence-corrected chi connectivity index (χ0v) is 13.6. The van der Waals surface area contributed by atoms with E-state index in [9.17, 15) is 18.5 Å². The molecule has 0 radical (unpaired) electrons. The lowest BCUT2D eigenvalue weighted by atomic mass is 10.1. The van der Waals surface area contributed by atoms with Gasteiger partial charge in [-0.1, -0.05) is 0 Å². The molecule has 1 aromatic rings. The van der Waals surface area contributed by atoms with Crippen molar-refractivity contribution in [1.82, 2.24) is 4.72 Å². The number of hydrogen-bond donors (Lipinski definition) is 2. The number of sulfonamides is 1. The molecule has 21 heavy (non-hydrogen) atoms. The molecule has 0 aliphatic rings. The number of nitrogens with two attached hydrogens (primary N) is 1. The molecule has 1 rings (SSSR count). The summed E-state index contributed by atoms with van der Waals surface area (Å²) in [6.07, 6.45) is 0. The van der Waals surface area contributed by atoms with E-state index in [4.69, 9.17) is 5.73 Å². The van der Waals surface area contributed by atoms with E-state index in [1.807, 2.05) is 0 Å². The molecule has 1 aromatic carbocycles. The second-order valence-corrected chi connectivity index (χ2v) is 7.39. The molecule has 3 N–H and O–H groups in total. The zero-order valence-electron chi connectivity index (χ0n) is 12.0. The van der Waals surface area contributed by atoms with Crippen LogP contribution in [0.2, 0.25) is 0 Å². The summed E-state index contributed by atoms with van der Waals surface area (Å²) in [5, 5.41) is 10.8. The summed E-state index contributed by atoms with van der Waals surface area (Å²) in [6.45, 7) is 3.95. The number of nitrogens with zero attached hydrogens (tertiary/aromatic N) is 1. The molecule has 0 atom stereocenters. The molecule has 0 aliphatic heterocycles. The third kappa shape index (κ3) is 4.95. The number of non-ortho nitro benzene ring substituents is 1. The highest BCUT2D eigenvalue weighted by atomic mass is 32.2. The predicted molar refractivity (Wildman–Crippen MR) is 84.1 cm³/mol.